The van der Waals surface area contributed by atoms with Crippen LogP contribution >= 0.6 is 0 Å². The Labute approximate surface area is 141 Å². The number of carbonyl (C=O) groups excluding carboxylic acids is 1. The highest BCUT2D eigenvalue weighted by atomic mass is 19.1. The molecule has 5 heteroatoms. The number of amides is 1. The maximum Gasteiger partial charge on any atom is 0.262 e. The average Bonchev–Trinajstić information content (AvgIpc) is 2.78. The zero-order chi connectivity index (χ0) is 17.9. The second-order valence-corrected chi connectivity index (χ2v) is 5.94. The Bertz CT molecular complexity index is 841. The van der Waals surface area contributed by atoms with Gasteiger partial charge in [0, 0.05) is 23.1 Å². The molecule has 0 radical (unpaired) electrons. The number of nitriles is 1. The van der Waals surface area contributed by atoms with Crippen LogP contribution in [0.1, 0.15) is 30.8 Å². The summed E-state index contributed by atoms with van der Waals surface area (Å²) in [5, 5.41) is 12.0. The van der Waals surface area contributed by atoms with Crippen LogP contribution in [-0.4, -0.2) is 16.5 Å². The zero-order valence-electron chi connectivity index (χ0n) is 14.2. The Balaban J connectivity index is 2.47. The van der Waals surface area contributed by atoms with Crippen LogP contribution in [0.25, 0.3) is 11.8 Å². The minimum atomic E-state index is -0.400. The summed E-state index contributed by atoms with van der Waals surface area (Å²) in [6.45, 7) is 7.44. The van der Waals surface area contributed by atoms with Crippen LogP contribution in [0.5, 0.6) is 0 Å². The number of nitrogens with zero attached hydrogens (tertiary/aromatic N) is 2. The third-order valence-corrected chi connectivity index (χ3v) is 3.62. The highest BCUT2D eigenvalue weighted by molar-refractivity contribution is 6.02. The van der Waals surface area contributed by atoms with Gasteiger partial charge in [0.1, 0.15) is 17.5 Å². The van der Waals surface area contributed by atoms with Crippen molar-refractivity contribution in [1.82, 2.24) is 9.88 Å². The monoisotopic (exact) mass is 325 g/mol. The molecule has 1 amide bonds. The molecule has 0 spiro atoms. The van der Waals surface area contributed by atoms with Gasteiger partial charge in [0.25, 0.3) is 5.91 Å². The molecule has 4 nitrogen and oxygen atoms in total. The van der Waals surface area contributed by atoms with E-state index in [0.29, 0.717) is 5.69 Å². The Kier molecular flexibility index (Phi) is 5.20. The van der Waals surface area contributed by atoms with Gasteiger partial charge in [-0.15, -0.1) is 0 Å². The summed E-state index contributed by atoms with van der Waals surface area (Å²) in [7, 11) is 0. The maximum absolute atomic E-state index is 13.5. The standard InChI is InChI=1S/C19H20FN3O/c1-12(2)22-19(24)16(11-21)9-15-8-13(3)23(14(15)4)18-7-5-6-17(20)10-18/h5-10,12H,1-4H3,(H,22,24)/b16-9-. The highest BCUT2D eigenvalue weighted by Gasteiger charge is 2.14. The van der Waals surface area contributed by atoms with Gasteiger partial charge in [-0.05, 0) is 63.6 Å². The molecule has 0 aliphatic carbocycles. The van der Waals surface area contributed by atoms with E-state index in [-0.39, 0.29) is 17.4 Å². The number of nitrogens with one attached hydrogen (secondary N) is 1. The molecule has 1 aromatic heterocycles. The first kappa shape index (κ1) is 17.5. The van der Waals surface area contributed by atoms with Gasteiger partial charge < -0.3 is 9.88 Å². The molecular formula is C19H20FN3O. The van der Waals surface area contributed by atoms with Gasteiger partial charge in [0.05, 0.1) is 0 Å². The molecule has 0 fully saturated rings. The van der Waals surface area contributed by atoms with E-state index in [1.165, 1.54) is 12.1 Å². The van der Waals surface area contributed by atoms with Crippen LogP contribution < -0.4 is 5.32 Å². The number of benzene rings is 1. The fraction of sp³-hybridized carbons (Fsp3) is 0.263. The molecule has 0 unspecified atom stereocenters. The molecule has 0 aliphatic heterocycles. The lowest BCUT2D eigenvalue weighted by Gasteiger charge is -2.10. The van der Waals surface area contributed by atoms with Crippen LogP contribution in [0, 0.1) is 31.0 Å². The van der Waals surface area contributed by atoms with E-state index in [1.54, 1.807) is 12.1 Å². The summed E-state index contributed by atoms with van der Waals surface area (Å²) in [6, 6.07) is 10.1. The zero-order valence-corrected chi connectivity index (χ0v) is 14.2. The minimum absolute atomic E-state index is 0.0446. The Hall–Kier alpha value is -2.87. The summed E-state index contributed by atoms with van der Waals surface area (Å²) in [4.78, 5) is 12.0. The van der Waals surface area contributed by atoms with E-state index >= 15 is 0 Å². The van der Waals surface area contributed by atoms with E-state index in [2.05, 4.69) is 5.32 Å². The fourth-order valence-corrected chi connectivity index (χ4v) is 2.59. The van der Waals surface area contributed by atoms with Crippen molar-refractivity contribution in [1.29, 1.82) is 5.26 Å². The van der Waals surface area contributed by atoms with E-state index in [1.807, 2.05) is 50.5 Å². The number of halogens is 1. The molecule has 0 saturated heterocycles. The van der Waals surface area contributed by atoms with Crippen molar-refractivity contribution >= 4 is 12.0 Å². The number of rotatable bonds is 4. The molecule has 0 aliphatic rings. The summed E-state index contributed by atoms with van der Waals surface area (Å²) < 4.78 is 15.4. The normalized spacial score (nSPS) is 11.5. The van der Waals surface area contributed by atoms with Crippen molar-refractivity contribution in [2.24, 2.45) is 0 Å². The minimum Gasteiger partial charge on any atom is -0.349 e. The summed E-state index contributed by atoms with van der Waals surface area (Å²) >= 11 is 0. The lowest BCUT2D eigenvalue weighted by Crippen LogP contribution is -2.30. The van der Waals surface area contributed by atoms with Gasteiger partial charge in [-0.25, -0.2) is 4.39 Å². The van der Waals surface area contributed by atoms with Gasteiger partial charge in [-0.3, -0.25) is 4.79 Å². The van der Waals surface area contributed by atoms with Crippen molar-refractivity contribution < 1.29 is 9.18 Å². The summed E-state index contributed by atoms with van der Waals surface area (Å²) in [6.07, 6.45) is 1.57. The van der Waals surface area contributed by atoms with Gasteiger partial charge in [0.15, 0.2) is 0 Å². The second-order valence-electron chi connectivity index (χ2n) is 5.94. The third kappa shape index (κ3) is 3.72. The molecule has 1 N–H and O–H groups in total. The molecule has 0 saturated carbocycles. The summed E-state index contributed by atoms with van der Waals surface area (Å²) in [5.74, 6) is -0.714. The number of hydrogen-bond acceptors (Lipinski definition) is 2. The average molecular weight is 325 g/mol. The number of hydrogen-bond donors (Lipinski definition) is 1. The number of carbonyl (C=O) groups is 1. The van der Waals surface area contributed by atoms with Crippen molar-refractivity contribution in [3.63, 3.8) is 0 Å². The van der Waals surface area contributed by atoms with Crippen molar-refractivity contribution in [2.75, 3.05) is 0 Å². The lowest BCUT2D eigenvalue weighted by atomic mass is 10.1. The largest absolute Gasteiger partial charge is 0.349 e. The predicted octanol–water partition coefficient (Wildman–Crippen LogP) is 3.66. The van der Waals surface area contributed by atoms with Crippen molar-refractivity contribution in [2.45, 2.75) is 33.7 Å². The molecule has 1 heterocycles. The topological polar surface area (TPSA) is 57.8 Å². The van der Waals surface area contributed by atoms with Crippen LogP contribution in [0.2, 0.25) is 0 Å². The first-order valence-corrected chi connectivity index (χ1v) is 7.71. The van der Waals surface area contributed by atoms with Crippen LogP contribution in [-0.2, 0) is 4.79 Å². The maximum atomic E-state index is 13.5. The van der Waals surface area contributed by atoms with Crippen LogP contribution in [0.15, 0.2) is 35.9 Å². The Morgan fingerprint density at radius 2 is 2.04 bits per heavy atom. The Morgan fingerprint density at radius 3 is 2.62 bits per heavy atom. The summed E-state index contributed by atoms with van der Waals surface area (Å²) in [5.41, 5.74) is 3.24. The van der Waals surface area contributed by atoms with Crippen LogP contribution in [0.3, 0.4) is 0 Å². The first-order chi connectivity index (χ1) is 11.3. The van der Waals surface area contributed by atoms with Gasteiger partial charge in [0.2, 0.25) is 0 Å². The quantitative estimate of drug-likeness (QED) is 0.689. The predicted molar refractivity (Wildman–Crippen MR) is 92.1 cm³/mol. The lowest BCUT2D eigenvalue weighted by molar-refractivity contribution is -0.117. The van der Waals surface area contributed by atoms with E-state index in [4.69, 9.17) is 0 Å². The smallest absolute Gasteiger partial charge is 0.262 e. The molecule has 124 valence electrons. The van der Waals surface area contributed by atoms with Gasteiger partial charge in [-0.2, -0.15) is 5.26 Å². The second kappa shape index (κ2) is 7.14. The molecule has 24 heavy (non-hydrogen) atoms. The molecule has 2 rings (SSSR count). The van der Waals surface area contributed by atoms with Crippen molar-refractivity contribution in [3.8, 4) is 11.8 Å². The molecule has 2 aromatic rings. The Morgan fingerprint density at radius 1 is 1.33 bits per heavy atom. The molecule has 0 bridgehead atoms. The van der Waals surface area contributed by atoms with Gasteiger partial charge in [-0.1, -0.05) is 6.07 Å². The van der Waals surface area contributed by atoms with Crippen LogP contribution in [0.4, 0.5) is 4.39 Å². The number of aromatic nitrogens is 1. The third-order valence-electron chi connectivity index (χ3n) is 3.62. The van der Waals surface area contributed by atoms with E-state index < -0.39 is 5.91 Å². The highest BCUT2D eigenvalue weighted by Crippen LogP contribution is 2.23. The molecular weight excluding hydrogens is 305 g/mol. The number of aryl methyl sites for hydroxylation is 1. The van der Waals surface area contributed by atoms with E-state index in [9.17, 15) is 14.4 Å². The molecule has 1 aromatic carbocycles. The fourth-order valence-electron chi connectivity index (χ4n) is 2.59. The SMILES string of the molecule is Cc1cc(/C=C(/C#N)C(=O)NC(C)C)c(C)n1-c1cccc(F)c1. The molecule has 0 atom stereocenters. The van der Waals surface area contributed by atoms with E-state index in [0.717, 1.165) is 17.0 Å². The first-order valence-electron chi connectivity index (χ1n) is 7.71. The van der Waals surface area contributed by atoms with Gasteiger partial charge >= 0.3 is 0 Å². The van der Waals surface area contributed by atoms with Crippen molar-refractivity contribution in [3.05, 3.63) is 58.7 Å².